The Kier molecular flexibility index (Phi) is 4.06. The number of halogens is 2. The highest BCUT2D eigenvalue weighted by Gasteiger charge is 2.25. The lowest BCUT2D eigenvalue weighted by Gasteiger charge is -2.36. The normalized spacial score (nSPS) is 27.0. The first-order chi connectivity index (χ1) is 7.58. The summed E-state index contributed by atoms with van der Waals surface area (Å²) in [5.41, 5.74) is 7.39. The number of hydrogen-bond donors (Lipinski definition) is 1. The summed E-state index contributed by atoms with van der Waals surface area (Å²) in [7, 11) is 2.17. The van der Waals surface area contributed by atoms with Crippen molar-refractivity contribution in [1.82, 2.24) is 4.90 Å². The van der Waals surface area contributed by atoms with Crippen LogP contribution >= 0.6 is 31.9 Å². The van der Waals surface area contributed by atoms with E-state index in [0.29, 0.717) is 12.1 Å². The predicted octanol–water partition coefficient (Wildman–Crippen LogP) is 3.31. The third kappa shape index (κ3) is 2.67. The molecule has 1 fully saturated rings. The van der Waals surface area contributed by atoms with E-state index in [9.17, 15) is 0 Å². The average Bonchev–Trinajstić information content (AvgIpc) is 2.26. The predicted molar refractivity (Wildman–Crippen MR) is 74.4 cm³/mol. The van der Waals surface area contributed by atoms with E-state index < -0.39 is 0 Å². The summed E-state index contributed by atoms with van der Waals surface area (Å²) in [6.45, 7) is 1.08. The van der Waals surface area contributed by atoms with Crippen LogP contribution < -0.4 is 5.73 Å². The van der Waals surface area contributed by atoms with Gasteiger partial charge in [-0.1, -0.05) is 6.07 Å². The monoisotopic (exact) mass is 346 g/mol. The molecule has 88 valence electrons. The van der Waals surface area contributed by atoms with Gasteiger partial charge in [-0.2, -0.15) is 0 Å². The molecule has 0 spiro atoms. The molecular formula is C12H16Br2N2. The lowest BCUT2D eigenvalue weighted by atomic mass is 9.93. The van der Waals surface area contributed by atoms with Crippen molar-refractivity contribution in [2.75, 3.05) is 13.6 Å². The van der Waals surface area contributed by atoms with Crippen LogP contribution in [0.5, 0.6) is 0 Å². The van der Waals surface area contributed by atoms with Crippen LogP contribution in [0.2, 0.25) is 0 Å². The molecule has 0 saturated carbocycles. The van der Waals surface area contributed by atoms with Crippen LogP contribution in [0.1, 0.15) is 24.4 Å². The maximum absolute atomic E-state index is 6.04. The number of nitrogens with zero attached hydrogens (tertiary/aromatic N) is 1. The number of nitrogens with two attached hydrogens (primary N) is 1. The number of rotatable bonds is 1. The summed E-state index contributed by atoms with van der Waals surface area (Å²) in [5.74, 6) is 0. The first-order valence-corrected chi connectivity index (χ1v) is 7.07. The summed E-state index contributed by atoms with van der Waals surface area (Å²) < 4.78 is 2.21. The molecule has 1 heterocycles. The van der Waals surface area contributed by atoms with Gasteiger partial charge in [0.25, 0.3) is 0 Å². The third-order valence-electron chi connectivity index (χ3n) is 3.24. The quantitative estimate of drug-likeness (QED) is 0.844. The smallest absolute Gasteiger partial charge is 0.0360 e. The minimum Gasteiger partial charge on any atom is -0.328 e. The van der Waals surface area contributed by atoms with E-state index >= 15 is 0 Å². The number of piperidine rings is 1. The maximum atomic E-state index is 6.04. The zero-order chi connectivity index (χ0) is 11.7. The maximum Gasteiger partial charge on any atom is 0.0360 e. The zero-order valence-electron chi connectivity index (χ0n) is 9.29. The van der Waals surface area contributed by atoms with Crippen molar-refractivity contribution in [2.45, 2.75) is 24.9 Å². The third-order valence-corrected chi connectivity index (χ3v) is 5.12. The van der Waals surface area contributed by atoms with Gasteiger partial charge >= 0.3 is 0 Å². The molecule has 0 bridgehead atoms. The van der Waals surface area contributed by atoms with Gasteiger partial charge in [0.2, 0.25) is 0 Å². The number of likely N-dealkylation sites (tertiary alicyclic amines) is 1. The molecule has 2 N–H and O–H groups in total. The van der Waals surface area contributed by atoms with Crippen molar-refractivity contribution >= 4 is 31.9 Å². The fraction of sp³-hybridized carbons (Fsp3) is 0.500. The summed E-state index contributed by atoms with van der Waals surface area (Å²) in [5, 5.41) is 0. The van der Waals surface area contributed by atoms with Crippen molar-refractivity contribution in [1.29, 1.82) is 0 Å². The average molecular weight is 348 g/mol. The molecule has 2 atom stereocenters. The standard InChI is InChI=1S/C12H16Br2N2/c1-16-5-4-9(15)7-12(16)8-2-3-10(13)11(14)6-8/h2-3,6,9,12H,4-5,7,15H2,1H3. The van der Waals surface area contributed by atoms with E-state index in [-0.39, 0.29) is 0 Å². The van der Waals surface area contributed by atoms with Crippen LogP contribution in [0.25, 0.3) is 0 Å². The second-order valence-electron chi connectivity index (χ2n) is 4.45. The van der Waals surface area contributed by atoms with Gasteiger partial charge in [0.15, 0.2) is 0 Å². The summed E-state index contributed by atoms with van der Waals surface area (Å²) in [6.07, 6.45) is 2.15. The van der Waals surface area contributed by atoms with Gasteiger partial charge in [0.05, 0.1) is 0 Å². The molecule has 0 aliphatic carbocycles. The Morgan fingerprint density at radius 3 is 2.75 bits per heavy atom. The molecule has 1 saturated heterocycles. The lowest BCUT2D eigenvalue weighted by molar-refractivity contribution is 0.171. The Labute approximate surface area is 113 Å². The second-order valence-corrected chi connectivity index (χ2v) is 6.16. The van der Waals surface area contributed by atoms with Crippen molar-refractivity contribution in [3.8, 4) is 0 Å². The van der Waals surface area contributed by atoms with Crippen molar-refractivity contribution < 1.29 is 0 Å². The van der Waals surface area contributed by atoms with E-state index in [2.05, 4.69) is 62.0 Å². The fourth-order valence-corrected chi connectivity index (χ4v) is 2.86. The number of benzene rings is 1. The molecule has 2 rings (SSSR count). The Balaban J connectivity index is 2.24. The van der Waals surface area contributed by atoms with Crippen LogP contribution in [0, 0.1) is 0 Å². The van der Waals surface area contributed by atoms with E-state index in [4.69, 9.17) is 5.73 Å². The Morgan fingerprint density at radius 2 is 2.06 bits per heavy atom. The van der Waals surface area contributed by atoms with Crippen LogP contribution in [0.15, 0.2) is 27.1 Å². The van der Waals surface area contributed by atoms with Crippen LogP contribution in [0.3, 0.4) is 0 Å². The Bertz CT molecular complexity index is 381. The molecule has 4 heteroatoms. The van der Waals surface area contributed by atoms with Gasteiger partial charge < -0.3 is 5.73 Å². The molecule has 1 aromatic rings. The molecular weight excluding hydrogens is 332 g/mol. The largest absolute Gasteiger partial charge is 0.328 e. The molecule has 1 aromatic carbocycles. The highest BCUT2D eigenvalue weighted by molar-refractivity contribution is 9.13. The van der Waals surface area contributed by atoms with Crippen molar-refractivity contribution in [2.24, 2.45) is 5.73 Å². The summed E-state index contributed by atoms with van der Waals surface area (Å²) >= 11 is 7.05. The van der Waals surface area contributed by atoms with E-state index in [1.54, 1.807) is 0 Å². The van der Waals surface area contributed by atoms with Crippen LogP contribution in [0.4, 0.5) is 0 Å². The van der Waals surface area contributed by atoms with Gasteiger partial charge in [-0.3, -0.25) is 4.90 Å². The van der Waals surface area contributed by atoms with Gasteiger partial charge in [-0.05, 0) is 76.0 Å². The fourth-order valence-electron chi connectivity index (χ4n) is 2.22. The molecule has 2 unspecified atom stereocenters. The zero-order valence-corrected chi connectivity index (χ0v) is 12.5. The molecule has 2 nitrogen and oxygen atoms in total. The lowest BCUT2D eigenvalue weighted by Crippen LogP contribution is -2.39. The topological polar surface area (TPSA) is 29.3 Å². The SMILES string of the molecule is CN1CCC(N)CC1c1ccc(Br)c(Br)c1. The van der Waals surface area contributed by atoms with E-state index in [1.165, 1.54) is 5.56 Å². The summed E-state index contributed by atoms with van der Waals surface area (Å²) in [4.78, 5) is 2.39. The van der Waals surface area contributed by atoms with Gasteiger partial charge in [0.1, 0.15) is 0 Å². The minimum absolute atomic E-state index is 0.337. The van der Waals surface area contributed by atoms with E-state index in [0.717, 1.165) is 28.3 Å². The molecule has 0 radical (unpaired) electrons. The Hall–Kier alpha value is 0.1000. The highest BCUT2D eigenvalue weighted by Crippen LogP contribution is 2.33. The first-order valence-electron chi connectivity index (χ1n) is 5.48. The molecule has 16 heavy (non-hydrogen) atoms. The molecule has 1 aliphatic rings. The molecule has 0 aromatic heterocycles. The van der Waals surface area contributed by atoms with Crippen LogP contribution in [-0.4, -0.2) is 24.5 Å². The van der Waals surface area contributed by atoms with Gasteiger partial charge in [-0.25, -0.2) is 0 Å². The summed E-state index contributed by atoms with van der Waals surface area (Å²) in [6, 6.07) is 7.24. The van der Waals surface area contributed by atoms with Gasteiger partial charge in [-0.15, -0.1) is 0 Å². The Morgan fingerprint density at radius 1 is 1.31 bits per heavy atom. The minimum atomic E-state index is 0.337. The first kappa shape index (κ1) is 12.6. The van der Waals surface area contributed by atoms with E-state index in [1.807, 2.05) is 0 Å². The van der Waals surface area contributed by atoms with Crippen molar-refractivity contribution in [3.05, 3.63) is 32.7 Å². The second kappa shape index (κ2) is 5.17. The van der Waals surface area contributed by atoms with Gasteiger partial charge in [0, 0.05) is 21.0 Å². The molecule has 1 aliphatic heterocycles. The van der Waals surface area contributed by atoms with Crippen LogP contribution in [-0.2, 0) is 0 Å². The van der Waals surface area contributed by atoms with Crippen molar-refractivity contribution in [3.63, 3.8) is 0 Å². The molecule has 0 amide bonds. The number of hydrogen-bond acceptors (Lipinski definition) is 2. The highest BCUT2D eigenvalue weighted by atomic mass is 79.9.